The summed E-state index contributed by atoms with van der Waals surface area (Å²) in [5, 5.41) is 5.33. The summed E-state index contributed by atoms with van der Waals surface area (Å²) in [5.74, 6) is 2.28. The minimum atomic E-state index is -0.0635. The molecular weight excluding hydrogens is 476 g/mol. The number of hydrogen-bond acceptors (Lipinski definition) is 8. The first kappa shape index (κ1) is 23.6. The zero-order chi connectivity index (χ0) is 24.9. The first-order chi connectivity index (χ1) is 17.7. The van der Waals surface area contributed by atoms with E-state index in [9.17, 15) is 4.79 Å². The van der Waals surface area contributed by atoms with Gasteiger partial charge in [0, 0.05) is 6.54 Å². The van der Waals surface area contributed by atoms with E-state index in [-0.39, 0.29) is 5.56 Å². The van der Waals surface area contributed by atoms with Crippen molar-refractivity contribution in [1.29, 1.82) is 0 Å². The van der Waals surface area contributed by atoms with Crippen LogP contribution in [-0.4, -0.2) is 33.9 Å². The van der Waals surface area contributed by atoms with Crippen LogP contribution in [0.2, 0.25) is 0 Å². The van der Waals surface area contributed by atoms with Gasteiger partial charge in [-0.25, -0.2) is 4.98 Å². The normalized spacial score (nSPS) is 11.1. The van der Waals surface area contributed by atoms with Crippen molar-refractivity contribution in [1.82, 2.24) is 19.7 Å². The van der Waals surface area contributed by atoms with Crippen LogP contribution in [-0.2, 0) is 18.7 Å². The average molecular weight is 501 g/mol. The lowest BCUT2D eigenvalue weighted by Gasteiger charge is -2.12. The summed E-state index contributed by atoms with van der Waals surface area (Å²) in [6, 6.07) is 23.0. The molecule has 5 aromatic rings. The SMILES string of the molecule is COc1cccc(-c2noc(CSc3nc4ccccc4c(=O)n3CCc3ccccc3)n2)c1OC. The van der Waals surface area contributed by atoms with Gasteiger partial charge in [0.15, 0.2) is 16.7 Å². The summed E-state index contributed by atoms with van der Waals surface area (Å²) < 4.78 is 18.1. The Morgan fingerprint density at radius 2 is 1.72 bits per heavy atom. The molecule has 2 aromatic heterocycles. The standard InChI is InChI=1S/C27H24N4O4S/c1-33-22-14-8-12-20(24(22)34-2)25-29-23(35-30-25)17-36-27-28-21-13-7-6-11-19(21)26(32)31(27)16-15-18-9-4-3-5-10-18/h3-14H,15-17H2,1-2H3. The molecular formula is C27H24N4O4S. The highest BCUT2D eigenvalue weighted by atomic mass is 32.2. The number of benzene rings is 3. The molecule has 3 aromatic carbocycles. The van der Waals surface area contributed by atoms with Gasteiger partial charge in [0.05, 0.1) is 36.4 Å². The van der Waals surface area contributed by atoms with E-state index in [2.05, 4.69) is 22.3 Å². The fraction of sp³-hybridized carbons (Fsp3) is 0.185. The summed E-state index contributed by atoms with van der Waals surface area (Å²) >= 11 is 1.39. The van der Waals surface area contributed by atoms with E-state index >= 15 is 0 Å². The molecule has 0 saturated carbocycles. The lowest BCUT2D eigenvalue weighted by Crippen LogP contribution is -2.24. The molecule has 0 unspecified atom stereocenters. The monoisotopic (exact) mass is 500 g/mol. The van der Waals surface area contributed by atoms with Crippen molar-refractivity contribution < 1.29 is 14.0 Å². The van der Waals surface area contributed by atoms with Gasteiger partial charge in [0.25, 0.3) is 5.56 Å². The molecule has 0 aliphatic rings. The predicted octanol–water partition coefficient (Wildman–Crippen LogP) is 5.00. The molecule has 8 nitrogen and oxygen atoms in total. The van der Waals surface area contributed by atoms with Gasteiger partial charge in [0.2, 0.25) is 11.7 Å². The number of para-hydroxylation sites is 2. The van der Waals surface area contributed by atoms with Gasteiger partial charge < -0.3 is 14.0 Å². The summed E-state index contributed by atoms with van der Waals surface area (Å²) in [6.07, 6.45) is 0.717. The van der Waals surface area contributed by atoms with Crippen molar-refractivity contribution in [3.8, 4) is 22.9 Å². The molecule has 2 heterocycles. The van der Waals surface area contributed by atoms with Gasteiger partial charge in [-0.3, -0.25) is 9.36 Å². The number of rotatable bonds is 9. The van der Waals surface area contributed by atoms with Crippen LogP contribution in [0.5, 0.6) is 11.5 Å². The summed E-state index contributed by atoms with van der Waals surface area (Å²) in [4.78, 5) is 22.7. The second-order valence-corrected chi connectivity index (χ2v) is 8.89. The minimum absolute atomic E-state index is 0.0635. The van der Waals surface area contributed by atoms with Gasteiger partial charge in [-0.1, -0.05) is 65.4 Å². The van der Waals surface area contributed by atoms with Crippen LogP contribution < -0.4 is 15.0 Å². The number of hydrogen-bond donors (Lipinski definition) is 0. The van der Waals surface area contributed by atoms with Crippen molar-refractivity contribution in [2.24, 2.45) is 0 Å². The Labute approximate surface area is 211 Å². The van der Waals surface area contributed by atoms with Crippen molar-refractivity contribution in [3.63, 3.8) is 0 Å². The summed E-state index contributed by atoms with van der Waals surface area (Å²) in [7, 11) is 3.14. The first-order valence-electron chi connectivity index (χ1n) is 11.4. The van der Waals surface area contributed by atoms with Gasteiger partial charge >= 0.3 is 0 Å². The van der Waals surface area contributed by atoms with Crippen molar-refractivity contribution in [2.45, 2.75) is 23.9 Å². The van der Waals surface area contributed by atoms with E-state index < -0.39 is 0 Å². The predicted molar refractivity (Wildman–Crippen MR) is 139 cm³/mol. The van der Waals surface area contributed by atoms with Crippen LogP contribution in [0.15, 0.2) is 87.3 Å². The molecule has 0 bridgehead atoms. The largest absolute Gasteiger partial charge is 0.493 e. The van der Waals surface area contributed by atoms with Crippen LogP contribution in [0.3, 0.4) is 0 Å². The fourth-order valence-electron chi connectivity index (χ4n) is 3.95. The quantitative estimate of drug-likeness (QED) is 0.206. The number of ether oxygens (including phenoxy) is 2. The van der Waals surface area contributed by atoms with Crippen molar-refractivity contribution in [3.05, 3.63) is 94.6 Å². The molecule has 36 heavy (non-hydrogen) atoms. The van der Waals surface area contributed by atoms with Gasteiger partial charge in [-0.05, 0) is 36.2 Å². The highest BCUT2D eigenvalue weighted by Gasteiger charge is 2.18. The molecule has 0 radical (unpaired) electrons. The lowest BCUT2D eigenvalue weighted by molar-refractivity contribution is 0.355. The van der Waals surface area contributed by atoms with Gasteiger partial charge in [-0.2, -0.15) is 4.98 Å². The molecule has 0 fully saturated rings. The Hall–Kier alpha value is -4.11. The zero-order valence-electron chi connectivity index (χ0n) is 19.9. The molecule has 9 heteroatoms. The van der Waals surface area contributed by atoms with E-state index in [1.807, 2.05) is 54.6 Å². The molecule has 0 atom stereocenters. The van der Waals surface area contributed by atoms with E-state index in [0.717, 1.165) is 5.56 Å². The molecule has 0 aliphatic carbocycles. The number of aryl methyl sites for hydroxylation is 1. The molecule has 0 spiro atoms. The highest BCUT2D eigenvalue weighted by molar-refractivity contribution is 7.98. The smallest absolute Gasteiger partial charge is 0.262 e. The van der Waals surface area contributed by atoms with E-state index in [1.54, 1.807) is 24.9 Å². The third kappa shape index (κ3) is 4.83. The van der Waals surface area contributed by atoms with Gasteiger partial charge in [-0.15, -0.1) is 0 Å². The minimum Gasteiger partial charge on any atom is -0.493 e. The number of aromatic nitrogens is 4. The maximum Gasteiger partial charge on any atom is 0.262 e. The van der Waals surface area contributed by atoms with Crippen LogP contribution >= 0.6 is 11.8 Å². The van der Waals surface area contributed by atoms with Crippen LogP contribution in [0.1, 0.15) is 11.5 Å². The molecule has 0 amide bonds. The molecule has 182 valence electrons. The lowest BCUT2D eigenvalue weighted by atomic mass is 10.1. The Balaban J connectivity index is 1.42. The molecule has 0 aliphatic heterocycles. The third-order valence-corrected chi connectivity index (χ3v) is 6.69. The van der Waals surface area contributed by atoms with Crippen LogP contribution in [0.25, 0.3) is 22.3 Å². The first-order valence-corrected chi connectivity index (χ1v) is 12.4. The van der Waals surface area contributed by atoms with Crippen LogP contribution in [0.4, 0.5) is 0 Å². The Kier molecular flexibility index (Phi) is 6.99. The van der Waals surface area contributed by atoms with Crippen molar-refractivity contribution in [2.75, 3.05) is 14.2 Å². The Bertz CT molecular complexity index is 1550. The van der Waals surface area contributed by atoms with E-state index in [4.69, 9.17) is 19.0 Å². The second kappa shape index (κ2) is 10.7. The fourth-order valence-corrected chi connectivity index (χ4v) is 4.82. The number of thioether (sulfide) groups is 1. The second-order valence-electron chi connectivity index (χ2n) is 7.95. The Morgan fingerprint density at radius 1 is 0.917 bits per heavy atom. The van der Waals surface area contributed by atoms with Crippen LogP contribution in [0, 0.1) is 0 Å². The Morgan fingerprint density at radius 3 is 2.53 bits per heavy atom. The maximum atomic E-state index is 13.3. The molecule has 0 N–H and O–H groups in total. The molecule has 0 saturated heterocycles. The number of methoxy groups -OCH3 is 2. The third-order valence-electron chi connectivity index (χ3n) is 5.73. The summed E-state index contributed by atoms with van der Waals surface area (Å²) in [5.41, 5.74) is 2.42. The van der Waals surface area contributed by atoms with Crippen molar-refractivity contribution >= 4 is 22.7 Å². The average Bonchev–Trinajstić information content (AvgIpc) is 3.40. The van der Waals surface area contributed by atoms with E-state index in [0.29, 0.717) is 63.6 Å². The molecule has 5 rings (SSSR count). The van der Waals surface area contributed by atoms with E-state index in [1.165, 1.54) is 11.8 Å². The number of nitrogens with zero attached hydrogens (tertiary/aromatic N) is 4. The highest BCUT2D eigenvalue weighted by Crippen LogP contribution is 2.36. The number of fused-ring (bicyclic) bond motifs is 1. The maximum absolute atomic E-state index is 13.3. The topological polar surface area (TPSA) is 92.3 Å². The zero-order valence-corrected chi connectivity index (χ0v) is 20.7. The summed E-state index contributed by atoms with van der Waals surface area (Å²) in [6.45, 7) is 0.513. The van der Waals surface area contributed by atoms with Gasteiger partial charge in [0.1, 0.15) is 0 Å².